The van der Waals surface area contributed by atoms with Crippen LogP contribution in [0.4, 0.5) is 5.13 Å². The molecule has 0 radical (unpaired) electrons. The van der Waals surface area contributed by atoms with Crippen LogP contribution in [0.1, 0.15) is 21.5 Å². The fourth-order valence-electron chi connectivity index (χ4n) is 2.65. The van der Waals surface area contributed by atoms with Gasteiger partial charge in [-0.1, -0.05) is 23.8 Å². The van der Waals surface area contributed by atoms with Gasteiger partial charge in [0.25, 0.3) is 5.91 Å². The molecule has 0 atom stereocenters. The second kappa shape index (κ2) is 6.34. The number of rotatable bonds is 3. The Labute approximate surface area is 152 Å². The maximum absolute atomic E-state index is 12.4. The highest BCUT2D eigenvalue weighted by Crippen LogP contribution is 2.28. The lowest BCUT2D eigenvalue weighted by Crippen LogP contribution is -2.11. The molecule has 0 aliphatic rings. The zero-order chi connectivity index (χ0) is 17.4. The number of benzene rings is 2. The molecule has 124 valence electrons. The van der Waals surface area contributed by atoms with Gasteiger partial charge in [-0.3, -0.25) is 10.1 Å². The minimum Gasteiger partial charge on any atom is -0.298 e. The van der Waals surface area contributed by atoms with Crippen molar-refractivity contribution in [3.8, 4) is 11.3 Å². The van der Waals surface area contributed by atoms with Crippen LogP contribution in [-0.2, 0) is 0 Å². The van der Waals surface area contributed by atoms with E-state index in [2.05, 4.69) is 51.1 Å². The van der Waals surface area contributed by atoms with Crippen molar-refractivity contribution in [1.82, 2.24) is 13.7 Å². The lowest BCUT2D eigenvalue weighted by Gasteiger charge is -2.04. The van der Waals surface area contributed by atoms with E-state index in [4.69, 9.17) is 0 Å². The summed E-state index contributed by atoms with van der Waals surface area (Å²) in [6.45, 7) is 4.13. The number of aryl methyl sites for hydroxylation is 2. The first-order chi connectivity index (χ1) is 12.1. The van der Waals surface area contributed by atoms with Crippen molar-refractivity contribution in [3.05, 3.63) is 58.5 Å². The normalized spacial score (nSPS) is 11.0. The molecule has 1 amide bonds. The summed E-state index contributed by atoms with van der Waals surface area (Å²) in [5, 5.41) is 5.40. The Kier molecular flexibility index (Phi) is 4.03. The fourth-order valence-corrected chi connectivity index (χ4v) is 3.87. The molecule has 25 heavy (non-hydrogen) atoms. The van der Waals surface area contributed by atoms with Gasteiger partial charge in [0.15, 0.2) is 5.13 Å². The summed E-state index contributed by atoms with van der Waals surface area (Å²) < 4.78 is 8.31. The molecule has 1 N–H and O–H groups in total. The molecule has 0 unspecified atom stereocenters. The largest absolute Gasteiger partial charge is 0.298 e. The van der Waals surface area contributed by atoms with Crippen LogP contribution >= 0.6 is 23.1 Å². The van der Waals surface area contributed by atoms with E-state index in [1.54, 1.807) is 18.2 Å². The van der Waals surface area contributed by atoms with Crippen LogP contribution in [0.15, 0.2) is 41.8 Å². The maximum Gasteiger partial charge on any atom is 0.257 e. The summed E-state index contributed by atoms with van der Waals surface area (Å²) in [5.74, 6) is -0.198. The van der Waals surface area contributed by atoms with Gasteiger partial charge in [-0.2, -0.15) is 8.75 Å². The number of anilines is 1. The van der Waals surface area contributed by atoms with Gasteiger partial charge in [-0.25, -0.2) is 4.98 Å². The summed E-state index contributed by atoms with van der Waals surface area (Å²) in [6, 6.07) is 11.6. The highest BCUT2D eigenvalue weighted by Gasteiger charge is 2.12. The quantitative estimate of drug-likeness (QED) is 0.571. The summed E-state index contributed by atoms with van der Waals surface area (Å²) >= 11 is 2.56. The predicted molar refractivity (Wildman–Crippen MR) is 102 cm³/mol. The van der Waals surface area contributed by atoms with Crippen molar-refractivity contribution in [1.29, 1.82) is 0 Å². The summed E-state index contributed by atoms with van der Waals surface area (Å²) in [5.41, 5.74) is 6.42. The SMILES string of the molecule is Cc1ccc(-c2csc(NC(=O)c3ccc4nsnc4c3)n2)c(C)c1. The molecule has 4 aromatic rings. The van der Waals surface area contributed by atoms with Gasteiger partial charge in [-0.05, 0) is 37.6 Å². The number of aromatic nitrogens is 3. The molecule has 2 aromatic heterocycles. The molecular formula is C18H14N4OS2. The Bertz CT molecular complexity index is 1080. The van der Waals surface area contributed by atoms with Crippen LogP contribution in [0.25, 0.3) is 22.3 Å². The van der Waals surface area contributed by atoms with Crippen molar-refractivity contribution in [2.45, 2.75) is 13.8 Å². The summed E-state index contributed by atoms with van der Waals surface area (Å²) in [4.78, 5) is 17.0. The van der Waals surface area contributed by atoms with Crippen molar-refractivity contribution in [3.63, 3.8) is 0 Å². The van der Waals surface area contributed by atoms with E-state index in [0.717, 1.165) is 34.0 Å². The van der Waals surface area contributed by atoms with Gasteiger partial charge >= 0.3 is 0 Å². The number of thiazole rings is 1. The fraction of sp³-hybridized carbons (Fsp3) is 0.111. The van der Waals surface area contributed by atoms with E-state index in [9.17, 15) is 4.79 Å². The number of carbonyl (C=O) groups is 1. The van der Waals surface area contributed by atoms with Gasteiger partial charge in [-0.15, -0.1) is 11.3 Å². The van der Waals surface area contributed by atoms with E-state index in [-0.39, 0.29) is 5.91 Å². The molecule has 0 spiro atoms. The maximum atomic E-state index is 12.4. The monoisotopic (exact) mass is 366 g/mol. The van der Waals surface area contributed by atoms with Crippen molar-refractivity contribution in [2.75, 3.05) is 5.32 Å². The standard InChI is InChI=1S/C18H14N4OS2/c1-10-3-5-13(11(2)7-10)16-9-24-18(19-16)20-17(23)12-4-6-14-15(8-12)22-25-21-14/h3-9H,1-2H3,(H,19,20,23). The molecule has 0 aliphatic heterocycles. The Morgan fingerprint density at radius 1 is 1.04 bits per heavy atom. The molecule has 5 nitrogen and oxygen atoms in total. The van der Waals surface area contributed by atoms with Gasteiger partial charge in [0, 0.05) is 16.5 Å². The number of hydrogen-bond acceptors (Lipinski definition) is 6. The number of amides is 1. The van der Waals surface area contributed by atoms with Gasteiger partial charge < -0.3 is 0 Å². The Balaban J connectivity index is 1.56. The minimum absolute atomic E-state index is 0.198. The lowest BCUT2D eigenvalue weighted by atomic mass is 10.0. The van der Waals surface area contributed by atoms with Crippen LogP contribution in [-0.4, -0.2) is 19.6 Å². The van der Waals surface area contributed by atoms with E-state index in [0.29, 0.717) is 10.7 Å². The zero-order valence-corrected chi connectivity index (χ0v) is 15.2. The molecule has 0 saturated carbocycles. The van der Waals surface area contributed by atoms with Crippen molar-refractivity contribution < 1.29 is 4.79 Å². The lowest BCUT2D eigenvalue weighted by molar-refractivity contribution is 0.102. The number of nitrogens with one attached hydrogen (secondary N) is 1. The Hall–Kier alpha value is -2.64. The highest BCUT2D eigenvalue weighted by atomic mass is 32.1. The Morgan fingerprint density at radius 2 is 1.88 bits per heavy atom. The molecule has 7 heteroatoms. The Morgan fingerprint density at radius 3 is 2.72 bits per heavy atom. The smallest absolute Gasteiger partial charge is 0.257 e. The molecule has 0 fully saturated rings. The first-order valence-corrected chi connectivity index (χ1v) is 9.28. The predicted octanol–water partition coefficient (Wildman–Crippen LogP) is 4.68. The number of hydrogen-bond donors (Lipinski definition) is 1. The van der Waals surface area contributed by atoms with E-state index < -0.39 is 0 Å². The average Bonchev–Trinajstić information content (AvgIpc) is 3.23. The van der Waals surface area contributed by atoms with E-state index in [1.807, 2.05) is 5.38 Å². The minimum atomic E-state index is -0.198. The van der Waals surface area contributed by atoms with Crippen molar-refractivity contribution in [2.24, 2.45) is 0 Å². The third-order valence-corrected chi connectivity index (χ3v) is 5.21. The number of nitrogens with zero attached hydrogens (tertiary/aromatic N) is 3. The molecule has 4 rings (SSSR count). The number of carbonyl (C=O) groups excluding carboxylic acids is 1. The first kappa shape index (κ1) is 15.9. The van der Waals surface area contributed by atoms with E-state index >= 15 is 0 Å². The topological polar surface area (TPSA) is 67.8 Å². The van der Waals surface area contributed by atoms with Gasteiger partial charge in [0.2, 0.25) is 0 Å². The summed E-state index contributed by atoms with van der Waals surface area (Å²) in [6.07, 6.45) is 0. The van der Waals surface area contributed by atoms with Crippen LogP contribution in [0.5, 0.6) is 0 Å². The highest BCUT2D eigenvalue weighted by molar-refractivity contribution is 7.14. The number of fused-ring (bicyclic) bond motifs is 1. The summed E-state index contributed by atoms with van der Waals surface area (Å²) in [7, 11) is 0. The third-order valence-electron chi connectivity index (χ3n) is 3.90. The van der Waals surface area contributed by atoms with Crippen molar-refractivity contribution >= 4 is 45.1 Å². The second-order valence-electron chi connectivity index (χ2n) is 5.78. The molecule has 0 bridgehead atoms. The van der Waals surface area contributed by atoms with Crippen LogP contribution in [0.3, 0.4) is 0 Å². The molecular weight excluding hydrogens is 352 g/mol. The molecule has 2 heterocycles. The molecule has 0 aliphatic carbocycles. The average molecular weight is 366 g/mol. The van der Waals surface area contributed by atoms with Gasteiger partial charge in [0.1, 0.15) is 11.0 Å². The van der Waals surface area contributed by atoms with Crippen LogP contribution in [0.2, 0.25) is 0 Å². The first-order valence-electron chi connectivity index (χ1n) is 7.67. The van der Waals surface area contributed by atoms with Crippen LogP contribution in [0, 0.1) is 13.8 Å². The molecule has 0 saturated heterocycles. The molecule has 2 aromatic carbocycles. The van der Waals surface area contributed by atoms with Crippen LogP contribution < -0.4 is 5.32 Å². The zero-order valence-electron chi connectivity index (χ0n) is 13.6. The second-order valence-corrected chi connectivity index (χ2v) is 7.16. The van der Waals surface area contributed by atoms with E-state index in [1.165, 1.54) is 22.5 Å². The van der Waals surface area contributed by atoms with Gasteiger partial charge in [0.05, 0.1) is 17.4 Å². The third kappa shape index (κ3) is 3.16.